The molecular weight excluding hydrogens is 641 g/mol. The van der Waals surface area contributed by atoms with Crippen LogP contribution < -0.4 is 0 Å². The number of hydrogen-bond donors (Lipinski definition) is 0. The fourth-order valence-electron chi connectivity index (χ4n) is 7.00. The number of benzene rings is 7. The van der Waals surface area contributed by atoms with E-state index in [2.05, 4.69) is 140 Å². The van der Waals surface area contributed by atoms with Gasteiger partial charge in [-0.2, -0.15) is 0 Å². The normalized spacial score (nSPS) is 11.5. The molecule has 0 saturated carbocycles. The maximum atomic E-state index is 5.22. The number of para-hydroxylation sites is 2. The van der Waals surface area contributed by atoms with E-state index < -0.39 is 0 Å². The Hall–Kier alpha value is -6.56. The van der Waals surface area contributed by atoms with Crippen molar-refractivity contribution in [2.45, 2.75) is 0 Å². The lowest BCUT2D eigenvalue weighted by atomic mass is 10.0. The molecule has 0 radical (unpaired) electrons. The van der Waals surface area contributed by atoms with E-state index in [4.69, 9.17) is 19.9 Å². The Kier molecular flexibility index (Phi) is 6.96. The highest BCUT2D eigenvalue weighted by Crippen LogP contribution is 2.42. The van der Waals surface area contributed by atoms with Gasteiger partial charge in [0, 0.05) is 53.2 Å². The SMILES string of the molecule is c1ccc(-c2ccc(-c3nc(-c4ccc5sc6c(-c7nc(-c8ccccc8)c8ccccc8n7)cccc6c5c4)nc4ccccc34)cc2)cc1. The zero-order valence-electron chi connectivity index (χ0n) is 27.4. The van der Waals surface area contributed by atoms with Crippen LogP contribution in [0.2, 0.25) is 0 Å². The Bertz CT molecular complexity index is 2900. The molecule has 10 aromatic rings. The van der Waals surface area contributed by atoms with E-state index in [1.54, 1.807) is 11.3 Å². The number of hydrogen-bond acceptors (Lipinski definition) is 5. The summed E-state index contributed by atoms with van der Waals surface area (Å²) < 4.78 is 2.36. The topological polar surface area (TPSA) is 51.6 Å². The van der Waals surface area contributed by atoms with Crippen LogP contribution in [-0.2, 0) is 0 Å². The first-order chi connectivity index (χ1) is 25.3. The Labute approximate surface area is 298 Å². The molecule has 0 aliphatic carbocycles. The maximum Gasteiger partial charge on any atom is 0.161 e. The van der Waals surface area contributed by atoms with Gasteiger partial charge in [-0.05, 0) is 47.5 Å². The van der Waals surface area contributed by atoms with Gasteiger partial charge in [-0.1, -0.05) is 133 Å². The van der Waals surface area contributed by atoms with Crippen molar-refractivity contribution in [1.29, 1.82) is 0 Å². The summed E-state index contributed by atoms with van der Waals surface area (Å²) in [6, 6.07) is 59.0. The van der Waals surface area contributed by atoms with Crippen molar-refractivity contribution < 1.29 is 0 Å². The van der Waals surface area contributed by atoms with Gasteiger partial charge in [0.2, 0.25) is 0 Å². The summed E-state index contributed by atoms with van der Waals surface area (Å²) in [5.41, 5.74) is 10.2. The third-order valence-corrected chi connectivity index (χ3v) is 10.7. The Morgan fingerprint density at radius 3 is 1.55 bits per heavy atom. The Balaban J connectivity index is 1.10. The zero-order chi connectivity index (χ0) is 33.7. The van der Waals surface area contributed by atoms with Gasteiger partial charge in [0.15, 0.2) is 11.6 Å². The summed E-state index contributed by atoms with van der Waals surface area (Å²) in [6.07, 6.45) is 0. The third kappa shape index (κ3) is 5.14. The average molecular weight is 669 g/mol. The molecule has 0 amide bonds. The molecule has 3 heterocycles. The minimum atomic E-state index is 0.707. The Morgan fingerprint density at radius 2 is 0.843 bits per heavy atom. The second-order valence-corrected chi connectivity index (χ2v) is 13.7. The van der Waals surface area contributed by atoms with Gasteiger partial charge < -0.3 is 0 Å². The number of nitrogens with zero attached hydrogens (tertiary/aromatic N) is 4. The van der Waals surface area contributed by atoms with Crippen molar-refractivity contribution in [1.82, 2.24) is 19.9 Å². The quantitative estimate of drug-likeness (QED) is 0.183. The summed E-state index contributed by atoms with van der Waals surface area (Å²) in [6.45, 7) is 0. The molecule has 0 aliphatic rings. The van der Waals surface area contributed by atoms with Crippen molar-refractivity contribution in [2.75, 3.05) is 0 Å². The van der Waals surface area contributed by atoms with E-state index in [0.29, 0.717) is 5.82 Å². The molecule has 0 bridgehead atoms. The van der Waals surface area contributed by atoms with Gasteiger partial charge in [0.05, 0.1) is 22.4 Å². The molecule has 238 valence electrons. The lowest BCUT2D eigenvalue weighted by Crippen LogP contribution is -1.95. The molecule has 5 heteroatoms. The van der Waals surface area contributed by atoms with Gasteiger partial charge in [0.25, 0.3) is 0 Å². The molecule has 0 unspecified atom stereocenters. The first-order valence-corrected chi connectivity index (χ1v) is 17.8. The summed E-state index contributed by atoms with van der Waals surface area (Å²) >= 11 is 1.78. The molecule has 0 saturated heterocycles. The predicted octanol–water partition coefficient (Wildman–Crippen LogP) is 12.3. The second kappa shape index (κ2) is 12.1. The third-order valence-electron chi connectivity index (χ3n) is 9.52. The van der Waals surface area contributed by atoms with Crippen molar-refractivity contribution in [3.05, 3.63) is 170 Å². The molecule has 51 heavy (non-hydrogen) atoms. The van der Waals surface area contributed by atoms with Gasteiger partial charge in [0.1, 0.15) is 0 Å². The van der Waals surface area contributed by atoms with E-state index in [-0.39, 0.29) is 0 Å². The monoisotopic (exact) mass is 668 g/mol. The van der Waals surface area contributed by atoms with E-state index in [1.165, 1.54) is 26.6 Å². The molecule has 0 fully saturated rings. The van der Waals surface area contributed by atoms with E-state index in [0.717, 1.165) is 66.0 Å². The summed E-state index contributed by atoms with van der Waals surface area (Å²) in [4.78, 5) is 20.6. The van der Waals surface area contributed by atoms with Crippen LogP contribution in [0, 0.1) is 0 Å². The minimum absolute atomic E-state index is 0.707. The first kappa shape index (κ1) is 29.4. The second-order valence-electron chi connectivity index (χ2n) is 12.6. The number of aromatic nitrogens is 4. The lowest BCUT2D eigenvalue weighted by molar-refractivity contribution is 1.23. The van der Waals surface area contributed by atoms with Crippen LogP contribution in [0.15, 0.2) is 170 Å². The highest BCUT2D eigenvalue weighted by Gasteiger charge is 2.18. The van der Waals surface area contributed by atoms with Crippen molar-refractivity contribution in [3.63, 3.8) is 0 Å². The zero-order valence-corrected chi connectivity index (χ0v) is 28.2. The highest BCUT2D eigenvalue weighted by atomic mass is 32.1. The van der Waals surface area contributed by atoms with Crippen molar-refractivity contribution >= 4 is 53.3 Å². The summed E-state index contributed by atoms with van der Waals surface area (Å²) in [5, 5.41) is 4.42. The molecular formula is C46H28N4S. The lowest BCUT2D eigenvalue weighted by Gasteiger charge is -2.10. The molecule has 0 aliphatic heterocycles. The van der Waals surface area contributed by atoms with Gasteiger partial charge in [-0.15, -0.1) is 11.3 Å². The molecule has 0 spiro atoms. The summed E-state index contributed by atoms with van der Waals surface area (Å²) in [7, 11) is 0. The molecule has 7 aromatic carbocycles. The van der Waals surface area contributed by atoms with Crippen molar-refractivity contribution in [2.24, 2.45) is 0 Å². The van der Waals surface area contributed by atoms with Crippen molar-refractivity contribution in [3.8, 4) is 56.4 Å². The molecule has 0 atom stereocenters. The van der Waals surface area contributed by atoms with Gasteiger partial charge >= 0.3 is 0 Å². The van der Waals surface area contributed by atoms with E-state index in [1.807, 2.05) is 30.3 Å². The highest BCUT2D eigenvalue weighted by molar-refractivity contribution is 7.26. The molecule has 3 aromatic heterocycles. The fraction of sp³-hybridized carbons (Fsp3) is 0. The van der Waals surface area contributed by atoms with Crippen LogP contribution in [0.5, 0.6) is 0 Å². The predicted molar refractivity (Wildman–Crippen MR) is 213 cm³/mol. The van der Waals surface area contributed by atoms with Crippen LogP contribution >= 0.6 is 11.3 Å². The van der Waals surface area contributed by atoms with Crippen LogP contribution in [-0.4, -0.2) is 19.9 Å². The van der Waals surface area contributed by atoms with E-state index >= 15 is 0 Å². The van der Waals surface area contributed by atoms with Gasteiger partial charge in [-0.25, -0.2) is 19.9 Å². The standard InChI is InChI=1S/C46H28N4S/c1-3-12-29(13-4-1)30-22-24-32(25-23-30)43-35-16-7-9-20-39(35)47-45(49-43)33-26-27-41-38(28-33)34-18-11-19-37(44(34)51-41)46-48-40-21-10-8-17-36(40)42(50-46)31-14-5-2-6-15-31/h1-28H. The van der Waals surface area contributed by atoms with Crippen LogP contribution in [0.25, 0.3) is 98.4 Å². The van der Waals surface area contributed by atoms with Crippen LogP contribution in [0.4, 0.5) is 0 Å². The number of rotatable bonds is 5. The van der Waals surface area contributed by atoms with E-state index in [9.17, 15) is 0 Å². The fourth-order valence-corrected chi connectivity index (χ4v) is 8.20. The average Bonchev–Trinajstić information content (AvgIpc) is 3.59. The maximum absolute atomic E-state index is 5.22. The molecule has 10 rings (SSSR count). The smallest absolute Gasteiger partial charge is 0.161 e. The number of fused-ring (bicyclic) bond motifs is 5. The largest absolute Gasteiger partial charge is 0.228 e. The minimum Gasteiger partial charge on any atom is -0.228 e. The van der Waals surface area contributed by atoms with Crippen LogP contribution in [0.1, 0.15) is 0 Å². The Morgan fingerprint density at radius 1 is 0.333 bits per heavy atom. The van der Waals surface area contributed by atoms with Gasteiger partial charge in [-0.3, -0.25) is 0 Å². The molecule has 0 N–H and O–H groups in total. The summed E-state index contributed by atoms with van der Waals surface area (Å²) in [5.74, 6) is 1.43. The van der Waals surface area contributed by atoms with Crippen LogP contribution in [0.3, 0.4) is 0 Å². The number of thiophene rings is 1. The first-order valence-electron chi connectivity index (χ1n) is 17.0. The molecule has 4 nitrogen and oxygen atoms in total.